The first kappa shape index (κ1) is 11.6. The van der Waals surface area contributed by atoms with Crippen LogP contribution >= 0.6 is 0 Å². The molecule has 0 bridgehead atoms. The van der Waals surface area contributed by atoms with Crippen LogP contribution in [0.5, 0.6) is 0 Å². The van der Waals surface area contributed by atoms with E-state index in [4.69, 9.17) is 10.4 Å². The van der Waals surface area contributed by atoms with E-state index in [1.165, 1.54) is 0 Å². The van der Waals surface area contributed by atoms with Crippen LogP contribution in [-0.4, -0.2) is 33.8 Å². The Balaban J connectivity index is 0. The molecule has 0 aromatic heterocycles. The highest BCUT2D eigenvalue weighted by Gasteiger charge is 2.16. The van der Waals surface area contributed by atoms with E-state index in [0.717, 1.165) is 6.42 Å². The van der Waals surface area contributed by atoms with Crippen molar-refractivity contribution in [3.05, 3.63) is 0 Å². The second kappa shape index (κ2) is 4.69. The molecule has 0 saturated carbocycles. The lowest BCUT2D eigenvalue weighted by Crippen LogP contribution is -2.41. The van der Waals surface area contributed by atoms with Crippen LogP contribution in [0.2, 0.25) is 0 Å². The van der Waals surface area contributed by atoms with Gasteiger partial charge in [-0.3, -0.25) is 0 Å². The maximum atomic E-state index is 8.82. The van der Waals surface area contributed by atoms with Crippen LogP contribution in [-0.2, 0) is 0 Å². The van der Waals surface area contributed by atoms with Crippen LogP contribution in [0.15, 0.2) is 0 Å². The summed E-state index contributed by atoms with van der Waals surface area (Å²) in [4.78, 5) is -0.837. The molecule has 0 rings (SSSR count). The first-order valence-electron chi connectivity index (χ1n) is 2.95. The maximum absolute atomic E-state index is 8.82. The second-order valence-electron chi connectivity index (χ2n) is 1.92. The molecule has 4 nitrogen and oxygen atoms in total. The smallest absolute Gasteiger partial charge is 0.141 e. The molecule has 0 spiro atoms. The highest BCUT2D eigenvalue weighted by molar-refractivity contribution is 4.17. The molecule has 4 heteroatoms. The zero-order valence-corrected chi connectivity index (χ0v) is 5.96. The quantitative estimate of drug-likeness (QED) is 0.431. The molecule has 0 aliphatic rings. The van der Waals surface area contributed by atoms with Crippen molar-refractivity contribution < 1.29 is 20.7 Å². The maximum Gasteiger partial charge on any atom is 0.141 e. The van der Waals surface area contributed by atoms with Crippen molar-refractivity contribution in [2.45, 2.75) is 20.3 Å². The summed E-state index contributed by atoms with van der Waals surface area (Å²) in [6.07, 6.45) is 0.792. The van der Waals surface area contributed by atoms with Gasteiger partial charge in [0.2, 0.25) is 0 Å². The van der Waals surface area contributed by atoms with Gasteiger partial charge < -0.3 is 5.48 Å². The standard InChI is InChI=1S/C5H14NO2.H2O/c1-3-5-6(7,8)4-2;/h7-8H,3-5H2,1-2H3;1H2/q+1;. The lowest BCUT2D eigenvalue weighted by molar-refractivity contribution is -1.24. The summed E-state index contributed by atoms with van der Waals surface area (Å²) in [5.74, 6) is 0. The number of rotatable bonds is 3. The highest BCUT2D eigenvalue weighted by atomic mass is 16.8. The fourth-order valence-electron chi connectivity index (χ4n) is 0.516. The van der Waals surface area contributed by atoms with Gasteiger partial charge in [0, 0.05) is 0 Å². The molecule has 58 valence electrons. The van der Waals surface area contributed by atoms with E-state index in [1.54, 1.807) is 6.92 Å². The summed E-state index contributed by atoms with van der Waals surface area (Å²) in [7, 11) is 0. The fourth-order valence-corrected chi connectivity index (χ4v) is 0.516. The molecule has 0 unspecified atom stereocenters. The molecule has 4 N–H and O–H groups in total. The first-order chi connectivity index (χ1) is 3.62. The Labute approximate surface area is 55.1 Å². The summed E-state index contributed by atoms with van der Waals surface area (Å²) >= 11 is 0. The van der Waals surface area contributed by atoms with E-state index in [1.807, 2.05) is 6.92 Å². The molecule has 0 aromatic carbocycles. The van der Waals surface area contributed by atoms with E-state index in [0.29, 0.717) is 13.1 Å². The molecule has 0 aromatic rings. The van der Waals surface area contributed by atoms with Crippen molar-refractivity contribution in [1.82, 2.24) is 0 Å². The number of hydrogen-bond donors (Lipinski definition) is 2. The molecule has 0 fully saturated rings. The van der Waals surface area contributed by atoms with Gasteiger partial charge in [0.1, 0.15) is 13.1 Å². The summed E-state index contributed by atoms with van der Waals surface area (Å²) in [5, 5.41) is 17.6. The third-order valence-electron chi connectivity index (χ3n) is 1.09. The summed E-state index contributed by atoms with van der Waals surface area (Å²) in [6, 6.07) is 0. The Morgan fingerprint density at radius 3 is 1.78 bits per heavy atom. The van der Waals surface area contributed by atoms with Crippen LogP contribution in [0.3, 0.4) is 0 Å². The van der Waals surface area contributed by atoms with Gasteiger partial charge in [-0.1, -0.05) is 6.92 Å². The van der Waals surface area contributed by atoms with Crippen LogP contribution in [0.4, 0.5) is 0 Å². The van der Waals surface area contributed by atoms with Crippen molar-refractivity contribution in [1.29, 1.82) is 0 Å². The van der Waals surface area contributed by atoms with Crippen LogP contribution < -0.4 is 0 Å². The minimum atomic E-state index is -0.837. The van der Waals surface area contributed by atoms with Gasteiger partial charge >= 0.3 is 0 Å². The molecule has 9 heavy (non-hydrogen) atoms. The van der Waals surface area contributed by atoms with Crippen LogP contribution in [0, 0.1) is 0 Å². The normalized spacial score (nSPS) is 10.7. The van der Waals surface area contributed by atoms with Crippen molar-refractivity contribution in [2.24, 2.45) is 0 Å². The van der Waals surface area contributed by atoms with E-state index < -0.39 is 4.81 Å². The molecule has 0 radical (unpaired) electrons. The average Bonchev–Trinajstić information content (AvgIpc) is 1.67. The van der Waals surface area contributed by atoms with E-state index in [2.05, 4.69) is 0 Å². The predicted octanol–water partition coefficient (Wildman–Crippen LogP) is 0.187. The van der Waals surface area contributed by atoms with Gasteiger partial charge in [-0.25, -0.2) is 0 Å². The van der Waals surface area contributed by atoms with Crippen molar-refractivity contribution >= 4 is 0 Å². The van der Waals surface area contributed by atoms with Gasteiger partial charge in [0.05, 0.1) is 0 Å². The highest BCUT2D eigenvalue weighted by Crippen LogP contribution is 1.94. The third kappa shape index (κ3) is 5.72. The zero-order chi connectivity index (χ0) is 6.62. The number of hydroxylamine groups is 4. The lowest BCUT2D eigenvalue weighted by atomic mass is 10.5. The Hall–Kier alpha value is -0.160. The Morgan fingerprint density at radius 2 is 1.67 bits per heavy atom. The minimum Gasteiger partial charge on any atom is -0.412 e. The SMILES string of the molecule is CCC[N+](O)(O)CC.O. The van der Waals surface area contributed by atoms with Gasteiger partial charge in [0.15, 0.2) is 0 Å². The Kier molecular flexibility index (Phi) is 6.06. The topological polar surface area (TPSA) is 72.0 Å². The summed E-state index contributed by atoms with van der Waals surface area (Å²) in [5.41, 5.74) is 0. The van der Waals surface area contributed by atoms with E-state index in [-0.39, 0.29) is 5.48 Å². The lowest BCUT2D eigenvalue weighted by Gasteiger charge is -2.17. The van der Waals surface area contributed by atoms with Crippen LogP contribution in [0.1, 0.15) is 20.3 Å². The van der Waals surface area contributed by atoms with Crippen molar-refractivity contribution in [3.8, 4) is 0 Å². The molecule has 0 amide bonds. The van der Waals surface area contributed by atoms with Crippen molar-refractivity contribution in [2.75, 3.05) is 13.1 Å². The first-order valence-corrected chi connectivity index (χ1v) is 2.95. The average molecular weight is 138 g/mol. The van der Waals surface area contributed by atoms with E-state index in [9.17, 15) is 0 Å². The number of quaternary nitrogens is 1. The fraction of sp³-hybridized carbons (Fsp3) is 1.00. The third-order valence-corrected chi connectivity index (χ3v) is 1.09. The van der Waals surface area contributed by atoms with Gasteiger partial charge in [-0.05, 0) is 18.2 Å². The molecular formula is C5H16NO3+. The summed E-state index contributed by atoms with van der Waals surface area (Å²) in [6.45, 7) is 4.41. The molecule has 0 aliphatic carbocycles. The second-order valence-corrected chi connectivity index (χ2v) is 1.92. The number of nitrogens with zero attached hydrogens (tertiary/aromatic N) is 1. The van der Waals surface area contributed by atoms with E-state index >= 15 is 0 Å². The summed E-state index contributed by atoms with van der Waals surface area (Å²) < 4.78 is 0. The van der Waals surface area contributed by atoms with Gasteiger partial charge in [-0.2, -0.15) is 10.4 Å². The van der Waals surface area contributed by atoms with Crippen LogP contribution in [0.25, 0.3) is 0 Å². The molecule has 0 aliphatic heterocycles. The largest absolute Gasteiger partial charge is 0.412 e. The van der Waals surface area contributed by atoms with Gasteiger partial charge in [0.25, 0.3) is 0 Å². The molecule has 0 atom stereocenters. The monoisotopic (exact) mass is 138 g/mol. The Bertz CT molecular complexity index is 65.2. The zero-order valence-electron chi connectivity index (χ0n) is 5.96. The minimum absolute atomic E-state index is 0. The molecule has 0 heterocycles. The predicted molar refractivity (Wildman–Crippen MR) is 33.1 cm³/mol. The van der Waals surface area contributed by atoms with Crippen molar-refractivity contribution in [3.63, 3.8) is 0 Å². The molecule has 0 saturated heterocycles. The molecular weight excluding hydrogens is 122 g/mol. The Morgan fingerprint density at radius 1 is 1.22 bits per heavy atom. The number of hydrogen-bond acceptors (Lipinski definition) is 2. The van der Waals surface area contributed by atoms with Gasteiger partial charge in [-0.15, -0.1) is 0 Å².